The molecule has 21 heavy (non-hydrogen) atoms. The second kappa shape index (κ2) is 5.21. The molecule has 2 aliphatic carbocycles. The molecule has 4 atom stereocenters. The molecule has 2 saturated carbocycles. The molecule has 0 aromatic heterocycles. The van der Waals surface area contributed by atoms with Crippen LogP contribution >= 0.6 is 0 Å². The molecule has 7 aliphatic rings. The molecule has 0 amide bonds. The lowest BCUT2D eigenvalue weighted by molar-refractivity contribution is 0.101. The molecule has 0 aromatic carbocycles. The van der Waals surface area contributed by atoms with Crippen LogP contribution in [0.1, 0.15) is 51.4 Å². The number of ether oxygens (including phenoxy) is 3. The van der Waals surface area contributed by atoms with Crippen LogP contribution in [0.3, 0.4) is 0 Å². The Morgan fingerprint density at radius 1 is 0.476 bits per heavy atom. The standard InChI is InChI=1S/C18H28O3/c1-5-13-6-2-11(1)12-3-7-14(8-4-12)18-16(21-18)10-19-9-15-17(13)20-15/h11-18H,1-10H2. The third-order valence-electron chi connectivity index (χ3n) is 7.04. The Balaban J connectivity index is 1.29. The Morgan fingerprint density at radius 2 is 0.857 bits per heavy atom. The van der Waals surface area contributed by atoms with E-state index in [4.69, 9.17) is 14.2 Å². The third kappa shape index (κ3) is 2.55. The summed E-state index contributed by atoms with van der Waals surface area (Å²) in [7, 11) is 0. The van der Waals surface area contributed by atoms with Crippen LogP contribution in [0.25, 0.3) is 0 Å². The maximum absolute atomic E-state index is 5.89. The number of hydrogen-bond acceptors (Lipinski definition) is 3. The van der Waals surface area contributed by atoms with Crippen LogP contribution in [0.2, 0.25) is 0 Å². The van der Waals surface area contributed by atoms with E-state index in [0.717, 1.165) is 36.9 Å². The highest BCUT2D eigenvalue weighted by atomic mass is 16.6. The lowest BCUT2D eigenvalue weighted by Crippen LogP contribution is -2.28. The van der Waals surface area contributed by atoms with Crippen molar-refractivity contribution >= 4 is 0 Å². The summed E-state index contributed by atoms with van der Waals surface area (Å²) in [5, 5.41) is 0. The van der Waals surface area contributed by atoms with E-state index in [1.165, 1.54) is 51.4 Å². The smallest absolute Gasteiger partial charge is 0.108 e. The predicted molar refractivity (Wildman–Crippen MR) is 79.0 cm³/mol. The highest BCUT2D eigenvalue weighted by molar-refractivity contribution is 4.97. The summed E-state index contributed by atoms with van der Waals surface area (Å²) in [5.41, 5.74) is 0. The van der Waals surface area contributed by atoms with Gasteiger partial charge in [-0.1, -0.05) is 0 Å². The quantitative estimate of drug-likeness (QED) is 0.643. The molecule has 0 radical (unpaired) electrons. The van der Waals surface area contributed by atoms with Crippen molar-refractivity contribution in [1.82, 2.24) is 0 Å². The molecule has 3 heteroatoms. The normalized spacial score (nSPS) is 56.0. The molecule has 5 heterocycles. The number of fused-ring (bicyclic) bond motifs is 2. The topological polar surface area (TPSA) is 34.3 Å². The minimum atomic E-state index is 0.394. The van der Waals surface area contributed by atoms with Crippen LogP contribution in [-0.4, -0.2) is 37.6 Å². The van der Waals surface area contributed by atoms with Gasteiger partial charge in [-0.05, 0) is 75.0 Å². The number of rotatable bonds is 0. The molecule has 7 rings (SSSR count). The lowest BCUT2D eigenvalue weighted by Gasteiger charge is -2.37. The Kier molecular flexibility index (Phi) is 3.31. The van der Waals surface area contributed by atoms with Crippen LogP contribution in [0.15, 0.2) is 0 Å². The van der Waals surface area contributed by atoms with Gasteiger partial charge >= 0.3 is 0 Å². The van der Waals surface area contributed by atoms with Crippen LogP contribution in [0.4, 0.5) is 0 Å². The summed E-state index contributed by atoms with van der Waals surface area (Å²) in [6.07, 6.45) is 13.3. The largest absolute Gasteiger partial charge is 0.376 e. The van der Waals surface area contributed by atoms with Gasteiger partial charge in [-0.25, -0.2) is 0 Å². The third-order valence-corrected chi connectivity index (χ3v) is 7.04. The van der Waals surface area contributed by atoms with Crippen LogP contribution in [0.5, 0.6) is 0 Å². The molecule has 5 aliphatic heterocycles. The molecule has 0 spiro atoms. The predicted octanol–water partition coefficient (Wildman–Crippen LogP) is 3.16. The van der Waals surface area contributed by atoms with Crippen LogP contribution in [-0.2, 0) is 14.2 Å². The van der Waals surface area contributed by atoms with Crippen molar-refractivity contribution in [3.8, 4) is 0 Å². The fourth-order valence-electron chi connectivity index (χ4n) is 5.60. The molecule has 0 N–H and O–H groups in total. The van der Waals surface area contributed by atoms with E-state index < -0.39 is 0 Å². The number of epoxide rings is 2. The summed E-state index contributed by atoms with van der Waals surface area (Å²) >= 11 is 0. The van der Waals surface area contributed by atoms with Crippen molar-refractivity contribution in [2.75, 3.05) is 13.2 Å². The van der Waals surface area contributed by atoms with Gasteiger partial charge in [-0.15, -0.1) is 0 Å². The minimum absolute atomic E-state index is 0.394. The first-order chi connectivity index (χ1) is 10.4. The zero-order valence-corrected chi connectivity index (χ0v) is 12.9. The highest BCUT2D eigenvalue weighted by Crippen LogP contribution is 2.48. The van der Waals surface area contributed by atoms with Crippen molar-refractivity contribution in [3.05, 3.63) is 0 Å². The Morgan fingerprint density at radius 3 is 1.29 bits per heavy atom. The molecule has 5 saturated heterocycles. The average molecular weight is 292 g/mol. The molecule has 4 bridgehead atoms. The van der Waals surface area contributed by atoms with Gasteiger partial charge in [-0.2, -0.15) is 0 Å². The monoisotopic (exact) mass is 292 g/mol. The molecular weight excluding hydrogens is 264 g/mol. The maximum Gasteiger partial charge on any atom is 0.108 e. The van der Waals surface area contributed by atoms with Gasteiger partial charge in [-0.3, -0.25) is 0 Å². The Bertz CT molecular complexity index is 346. The van der Waals surface area contributed by atoms with E-state index in [1.807, 2.05) is 0 Å². The summed E-state index contributed by atoms with van der Waals surface area (Å²) in [4.78, 5) is 0. The summed E-state index contributed by atoms with van der Waals surface area (Å²) in [5.74, 6) is 3.66. The average Bonchev–Trinajstić information content (AvgIpc) is 3.43. The van der Waals surface area contributed by atoms with E-state index in [9.17, 15) is 0 Å². The molecular formula is C18H28O3. The van der Waals surface area contributed by atoms with Crippen molar-refractivity contribution in [2.45, 2.75) is 75.8 Å². The summed E-state index contributed by atoms with van der Waals surface area (Å²) in [6, 6.07) is 0. The first-order valence-corrected chi connectivity index (χ1v) is 9.27. The second-order valence-electron chi connectivity index (χ2n) is 8.17. The Labute approximate surface area is 127 Å². The maximum atomic E-state index is 5.89. The van der Waals surface area contributed by atoms with Crippen LogP contribution < -0.4 is 0 Å². The SMILES string of the molecule is C1CC2CCC1C1CCC(CC1)C1OC1COCC1OC21. The van der Waals surface area contributed by atoms with Gasteiger partial charge in [0.2, 0.25) is 0 Å². The van der Waals surface area contributed by atoms with E-state index in [0.29, 0.717) is 24.4 Å². The van der Waals surface area contributed by atoms with E-state index >= 15 is 0 Å². The summed E-state index contributed by atoms with van der Waals surface area (Å²) in [6.45, 7) is 1.59. The minimum Gasteiger partial charge on any atom is -0.376 e. The van der Waals surface area contributed by atoms with Gasteiger partial charge < -0.3 is 14.2 Å². The zero-order valence-electron chi connectivity index (χ0n) is 12.9. The highest BCUT2D eigenvalue weighted by Gasteiger charge is 2.49. The van der Waals surface area contributed by atoms with Crippen molar-refractivity contribution in [2.24, 2.45) is 23.7 Å². The second-order valence-corrected chi connectivity index (χ2v) is 8.17. The van der Waals surface area contributed by atoms with Crippen molar-refractivity contribution in [3.63, 3.8) is 0 Å². The van der Waals surface area contributed by atoms with Crippen LogP contribution in [0, 0.1) is 23.7 Å². The van der Waals surface area contributed by atoms with E-state index in [-0.39, 0.29) is 0 Å². The fourth-order valence-corrected chi connectivity index (χ4v) is 5.60. The molecule has 4 unspecified atom stereocenters. The van der Waals surface area contributed by atoms with Crippen molar-refractivity contribution in [1.29, 1.82) is 0 Å². The van der Waals surface area contributed by atoms with E-state index in [1.54, 1.807) is 0 Å². The van der Waals surface area contributed by atoms with Gasteiger partial charge in [0.05, 0.1) is 25.4 Å². The van der Waals surface area contributed by atoms with Gasteiger partial charge in [0.1, 0.15) is 12.2 Å². The van der Waals surface area contributed by atoms with E-state index in [2.05, 4.69) is 0 Å². The fraction of sp³-hybridized carbons (Fsp3) is 1.00. The summed E-state index contributed by atoms with van der Waals surface area (Å²) < 4.78 is 17.7. The zero-order chi connectivity index (χ0) is 13.8. The number of hydrogen-bond donors (Lipinski definition) is 0. The van der Waals surface area contributed by atoms with Crippen molar-refractivity contribution < 1.29 is 14.2 Å². The molecule has 0 aromatic rings. The first kappa shape index (κ1) is 13.3. The molecule has 118 valence electrons. The van der Waals surface area contributed by atoms with Gasteiger partial charge in [0.15, 0.2) is 0 Å². The van der Waals surface area contributed by atoms with Gasteiger partial charge in [0, 0.05) is 0 Å². The molecule has 3 nitrogen and oxygen atoms in total. The lowest BCUT2D eigenvalue weighted by atomic mass is 9.68. The van der Waals surface area contributed by atoms with Gasteiger partial charge in [0.25, 0.3) is 0 Å². The molecule has 7 fully saturated rings. The Hall–Kier alpha value is -0.120. The first-order valence-electron chi connectivity index (χ1n) is 9.27.